The maximum absolute atomic E-state index is 6.03. The van der Waals surface area contributed by atoms with Gasteiger partial charge in [-0.2, -0.15) is 0 Å². The molecule has 1 saturated heterocycles. The molecule has 0 aromatic carbocycles. The highest BCUT2D eigenvalue weighted by molar-refractivity contribution is 5.28. The van der Waals surface area contributed by atoms with E-state index in [1.807, 2.05) is 0 Å². The Bertz CT molecular complexity index is 526. The van der Waals surface area contributed by atoms with Crippen LogP contribution >= 0.6 is 0 Å². The van der Waals surface area contributed by atoms with E-state index >= 15 is 0 Å². The number of ether oxygens (including phenoxy) is 2. The van der Waals surface area contributed by atoms with E-state index in [9.17, 15) is 0 Å². The average molecular weight is 302 g/mol. The summed E-state index contributed by atoms with van der Waals surface area (Å²) in [7, 11) is 0. The number of fused-ring (bicyclic) bond motifs is 2. The highest BCUT2D eigenvalue weighted by atomic mass is 16.6. The molecule has 0 amide bonds. The van der Waals surface area contributed by atoms with Gasteiger partial charge in [-0.1, -0.05) is 23.3 Å². The van der Waals surface area contributed by atoms with E-state index in [1.165, 1.54) is 35.1 Å². The van der Waals surface area contributed by atoms with E-state index in [1.54, 1.807) is 0 Å². The van der Waals surface area contributed by atoms with E-state index in [-0.39, 0.29) is 11.7 Å². The molecule has 3 rings (SSSR count). The van der Waals surface area contributed by atoms with Crippen LogP contribution in [0, 0.1) is 0 Å². The predicted molar refractivity (Wildman–Crippen MR) is 90.9 cm³/mol. The van der Waals surface area contributed by atoms with Crippen LogP contribution in [0.5, 0.6) is 0 Å². The third kappa shape index (κ3) is 3.55. The molecule has 3 atom stereocenters. The minimum atomic E-state index is 0.101. The van der Waals surface area contributed by atoms with E-state index in [0.29, 0.717) is 6.10 Å². The first-order valence-corrected chi connectivity index (χ1v) is 8.79. The summed E-state index contributed by atoms with van der Waals surface area (Å²) in [6.45, 7) is 9.80. The fourth-order valence-corrected chi connectivity index (χ4v) is 3.76. The SMILES string of the molecule is CC1=C2CC[C@]3(C)O[C@H]3CC/C(C)=C/CC/C(C)=C/[C@@H]2OC1. The van der Waals surface area contributed by atoms with Crippen LogP contribution in [-0.4, -0.2) is 24.4 Å². The Morgan fingerprint density at radius 2 is 1.91 bits per heavy atom. The molecule has 3 aliphatic rings. The number of rotatable bonds is 0. The first kappa shape index (κ1) is 16.0. The van der Waals surface area contributed by atoms with Crippen molar-refractivity contribution >= 4 is 0 Å². The number of hydrogen-bond donors (Lipinski definition) is 0. The smallest absolute Gasteiger partial charge is 0.0977 e. The Balaban J connectivity index is 1.78. The van der Waals surface area contributed by atoms with Gasteiger partial charge in [-0.25, -0.2) is 0 Å². The van der Waals surface area contributed by atoms with Crippen molar-refractivity contribution in [3.8, 4) is 0 Å². The maximum atomic E-state index is 6.03. The normalized spacial score (nSPS) is 41.6. The highest BCUT2D eigenvalue weighted by Crippen LogP contribution is 2.45. The van der Waals surface area contributed by atoms with E-state index < -0.39 is 0 Å². The van der Waals surface area contributed by atoms with Crippen LogP contribution in [0.15, 0.2) is 34.4 Å². The average Bonchev–Trinajstić information content (AvgIpc) is 2.99. The van der Waals surface area contributed by atoms with E-state index in [4.69, 9.17) is 9.47 Å². The van der Waals surface area contributed by atoms with Crippen molar-refractivity contribution in [1.29, 1.82) is 0 Å². The van der Waals surface area contributed by atoms with Crippen molar-refractivity contribution in [2.75, 3.05) is 6.61 Å². The van der Waals surface area contributed by atoms with Gasteiger partial charge < -0.3 is 9.47 Å². The van der Waals surface area contributed by atoms with Crippen molar-refractivity contribution in [2.24, 2.45) is 0 Å². The van der Waals surface area contributed by atoms with Crippen LogP contribution in [0.3, 0.4) is 0 Å². The van der Waals surface area contributed by atoms with Gasteiger partial charge in [0, 0.05) is 0 Å². The molecule has 0 saturated carbocycles. The van der Waals surface area contributed by atoms with Crippen LogP contribution in [0.25, 0.3) is 0 Å². The molecule has 0 unspecified atom stereocenters. The zero-order valence-electron chi connectivity index (χ0n) is 14.6. The lowest BCUT2D eigenvalue weighted by molar-refractivity contribution is 0.150. The van der Waals surface area contributed by atoms with E-state index in [2.05, 4.69) is 39.8 Å². The zero-order valence-corrected chi connectivity index (χ0v) is 14.6. The fraction of sp³-hybridized carbons (Fsp3) is 0.700. The summed E-state index contributed by atoms with van der Waals surface area (Å²) < 4.78 is 12.0. The van der Waals surface area contributed by atoms with Gasteiger partial charge in [0.2, 0.25) is 0 Å². The molecule has 2 nitrogen and oxygen atoms in total. The minimum Gasteiger partial charge on any atom is -0.366 e. The van der Waals surface area contributed by atoms with Gasteiger partial charge in [0.25, 0.3) is 0 Å². The van der Waals surface area contributed by atoms with Gasteiger partial charge >= 0.3 is 0 Å². The Morgan fingerprint density at radius 3 is 2.73 bits per heavy atom. The van der Waals surface area contributed by atoms with Crippen LogP contribution in [-0.2, 0) is 9.47 Å². The molecule has 122 valence electrons. The molecule has 0 radical (unpaired) electrons. The highest BCUT2D eigenvalue weighted by Gasteiger charge is 2.51. The molecule has 1 aliphatic carbocycles. The third-order valence-electron chi connectivity index (χ3n) is 5.57. The van der Waals surface area contributed by atoms with Crippen LogP contribution in [0.1, 0.15) is 66.2 Å². The number of allylic oxidation sites excluding steroid dienone is 3. The Kier molecular flexibility index (Phi) is 4.61. The Hall–Kier alpha value is -0.860. The molecule has 0 aromatic heterocycles. The molecule has 0 N–H and O–H groups in total. The summed E-state index contributed by atoms with van der Waals surface area (Å²) in [5.74, 6) is 0. The van der Waals surface area contributed by atoms with Crippen molar-refractivity contribution in [3.63, 3.8) is 0 Å². The van der Waals surface area contributed by atoms with Crippen molar-refractivity contribution in [3.05, 3.63) is 34.4 Å². The van der Waals surface area contributed by atoms with Gasteiger partial charge in [-0.05, 0) is 77.4 Å². The van der Waals surface area contributed by atoms with Gasteiger partial charge in [-0.15, -0.1) is 0 Å². The van der Waals surface area contributed by atoms with E-state index in [0.717, 1.165) is 32.3 Å². The number of hydrogen-bond acceptors (Lipinski definition) is 2. The fourth-order valence-electron chi connectivity index (χ4n) is 3.76. The Labute approximate surface area is 135 Å². The summed E-state index contributed by atoms with van der Waals surface area (Å²) in [4.78, 5) is 0. The second-order valence-electron chi connectivity index (χ2n) is 7.60. The largest absolute Gasteiger partial charge is 0.366 e. The standard InChI is InChI=1S/C20H30O2/c1-14-6-5-7-15(2)12-18-17(16(3)13-21-18)10-11-20(4)19(22-20)9-8-14/h6,12,18-19H,5,7-11,13H2,1-4H3/b14-6+,15-12+/t18-,19-,20-/m0/s1. The second kappa shape index (κ2) is 6.33. The predicted octanol–water partition coefficient (Wildman–Crippen LogP) is 5.11. The molecular formula is C20H30O2. The second-order valence-corrected chi connectivity index (χ2v) is 7.60. The number of epoxide rings is 1. The van der Waals surface area contributed by atoms with Gasteiger partial charge in [0.05, 0.1) is 24.4 Å². The molecular weight excluding hydrogens is 272 g/mol. The quantitative estimate of drug-likeness (QED) is 0.458. The molecule has 1 fully saturated rings. The van der Waals surface area contributed by atoms with Crippen molar-refractivity contribution in [1.82, 2.24) is 0 Å². The van der Waals surface area contributed by atoms with Crippen LogP contribution in [0.4, 0.5) is 0 Å². The summed E-state index contributed by atoms with van der Waals surface area (Å²) in [6.07, 6.45) is 12.3. The topological polar surface area (TPSA) is 21.8 Å². The lowest BCUT2D eigenvalue weighted by atomic mass is 9.91. The van der Waals surface area contributed by atoms with Crippen LogP contribution in [0.2, 0.25) is 0 Å². The lowest BCUT2D eigenvalue weighted by Gasteiger charge is -2.15. The first-order chi connectivity index (χ1) is 10.5. The third-order valence-corrected chi connectivity index (χ3v) is 5.57. The molecule has 2 aliphatic heterocycles. The Morgan fingerprint density at radius 1 is 1.09 bits per heavy atom. The molecule has 0 bridgehead atoms. The summed E-state index contributed by atoms with van der Waals surface area (Å²) in [5, 5.41) is 0. The monoisotopic (exact) mass is 302 g/mol. The van der Waals surface area contributed by atoms with Crippen molar-refractivity contribution in [2.45, 2.75) is 84.0 Å². The molecule has 2 heterocycles. The summed E-state index contributed by atoms with van der Waals surface area (Å²) in [6, 6.07) is 0. The van der Waals surface area contributed by atoms with Crippen LogP contribution < -0.4 is 0 Å². The minimum absolute atomic E-state index is 0.101. The molecule has 0 spiro atoms. The zero-order chi connectivity index (χ0) is 15.7. The molecule has 2 heteroatoms. The maximum Gasteiger partial charge on any atom is 0.0977 e. The first-order valence-electron chi connectivity index (χ1n) is 8.79. The van der Waals surface area contributed by atoms with Crippen molar-refractivity contribution < 1.29 is 9.47 Å². The summed E-state index contributed by atoms with van der Waals surface area (Å²) >= 11 is 0. The van der Waals surface area contributed by atoms with Gasteiger partial charge in [0.1, 0.15) is 0 Å². The molecule has 22 heavy (non-hydrogen) atoms. The summed E-state index contributed by atoms with van der Waals surface area (Å²) in [5.41, 5.74) is 5.99. The van der Waals surface area contributed by atoms with Gasteiger partial charge in [0.15, 0.2) is 0 Å². The molecule has 0 aromatic rings. The lowest BCUT2D eigenvalue weighted by Crippen LogP contribution is -2.14. The van der Waals surface area contributed by atoms with Gasteiger partial charge in [-0.3, -0.25) is 0 Å².